The summed E-state index contributed by atoms with van der Waals surface area (Å²) in [5, 5.41) is 9.78. The molecule has 1 aromatic heterocycles. The molecule has 8 nitrogen and oxygen atoms in total. The fourth-order valence-corrected chi connectivity index (χ4v) is 3.95. The van der Waals surface area contributed by atoms with Crippen molar-refractivity contribution in [2.45, 2.75) is 50.9 Å². The van der Waals surface area contributed by atoms with Crippen LogP contribution in [0.1, 0.15) is 43.5 Å². The van der Waals surface area contributed by atoms with E-state index in [9.17, 15) is 14.4 Å². The molecule has 1 saturated heterocycles. The molecule has 0 unspecified atom stereocenters. The molecule has 1 atom stereocenters. The lowest BCUT2D eigenvalue weighted by atomic mass is 10.1. The third-order valence-corrected chi connectivity index (χ3v) is 5.53. The number of aromatic nitrogens is 3. The van der Waals surface area contributed by atoms with Crippen LogP contribution in [0.2, 0.25) is 0 Å². The number of hydrogen-bond acceptors (Lipinski definition) is 6. The number of benzene rings is 1. The van der Waals surface area contributed by atoms with Crippen molar-refractivity contribution in [1.29, 1.82) is 0 Å². The van der Waals surface area contributed by atoms with Crippen LogP contribution in [0.3, 0.4) is 0 Å². The number of amides is 1. The number of thioether (sulfide) groups is 1. The van der Waals surface area contributed by atoms with Crippen molar-refractivity contribution in [3.8, 4) is 0 Å². The first-order chi connectivity index (χ1) is 13.9. The maximum atomic E-state index is 12.5. The Kier molecular flexibility index (Phi) is 7.27. The quantitative estimate of drug-likeness (QED) is 0.479. The summed E-state index contributed by atoms with van der Waals surface area (Å²) in [4.78, 5) is 36.3. The van der Waals surface area contributed by atoms with Crippen LogP contribution in [0.4, 0.5) is 5.69 Å². The largest absolute Gasteiger partial charge is 0.376 e. The van der Waals surface area contributed by atoms with Crippen LogP contribution in [-0.2, 0) is 16.1 Å². The summed E-state index contributed by atoms with van der Waals surface area (Å²) in [6.45, 7) is 5.13. The molecule has 0 radical (unpaired) electrons. The van der Waals surface area contributed by atoms with Gasteiger partial charge in [-0.2, -0.15) is 0 Å². The number of H-pyrrole nitrogens is 1. The first-order valence-electron chi connectivity index (χ1n) is 9.75. The Morgan fingerprint density at radius 3 is 2.76 bits per heavy atom. The van der Waals surface area contributed by atoms with Crippen LogP contribution in [0.15, 0.2) is 34.2 Å². The van der Waals surface area contributed by atoms with Crippen molar-refractivity contribution < 1.29 is 14.3 Å². The third kappa shape index (κ3) is 6.04. The average molecular weight is 419 g/mol. The lowest BCUT2D eigenvalue weighted by molar-refractivity contribution is -0.116. The number of ether oxygens (including phenoxy) is 1. The number of hydrogen-bond donors (Lipinski definition) is 2. The van der Waals surface area contributed by atoms with E-state index in [1.807, 2.05) is 13.8 Å². The second-order valence-corrected chi connectivity index (χ2v) is 8.43. The minimum Gasteiger partial charge on any atom is -0.376 e. The number of carbonyl (C=O) groups excluding carboxylic acids is 2. The summed E-state index contributed by atoms with van der Waals surface area (Å²) in [5.74, 6) is 0.327. The van der Waals surface area contributed by atoms with Gasteiger partial charge in [-0.05, 0) is 43.0 Å². The van der Waals surface area contributed by atoms with Crippen LogP contribution in [0.5, 0.6) is 0 Å². The van der Waals surface area contributed by atoms with Gasteiger partial charge >= 0.3 is 5.69 Å². The normalized spacial score (nSPS) is 16.3. The van der Waals surface area contributed by atoms with Crippen molar-refractivity contribution in [3.05, 3.63) is 40.3 Å². The van der Waals surface area contributed by atoms with E-state index in [2.05, 4.69) is 15.5 Å². The Bertz CT molecular complexity index is 898. The summed E-state index contributed by atoms with van der Waals surface area (Å²) < 4.78 is 7.11. The molecule has 2 N–H and O–H groups in total. The molecule has 1 fully saturated rings. The molecular weight excluding hydrogens is 392 g/mol. The van der Waals surface area contributed by atoms with Crippen LogP contribution < -0.4 is 11.0 Å². The Labute approximate surface area is 173 Å². The van der Waals surface area contributed by atoms with Gasteiger partial charge in [-0.15, -0.1) is 5.10 Å². The summed E-state index contributed by atoms with van der Waals surface area (Å²) >= 11 is 1.22. The Morgan fingerprint density at radius 2 is 2.10 bits per heavy atom. The molecule has 2 heterocycles. The number of anilines is 1. The minimum absolute atomic E-state index is 0.0128. The van der Waals surface area contributed by atoms with E-state index in [-0.39, 0.29) is 35.2 Å². The van der Waals surface area contributed by atoms with Crippen molar-refractivity contribution >= 4 is 29.1 Å². The van der Waals surface area contributed by atoms with Crippen molar-refractivity contribution in [2.24, 2.45) is 5.92 Å². The monoisotopic (exact) mass is 418 g/mol. The summed E-state index contributed by atoms with van der Waals surface area (Å²) in [6.07, 6.45) is 2.38. The third-order valence-electron chi connectivity index (χ3n) is 4.55. The molecule has 3 rings (SSSR count). The predicted molar refractivity (Wildman–Crippen MR) is 111 cm³/mol. The van der Waals surface area contributed by atoms with Crippen LogP contribution >= 0.6 is 11.8 Å². The molecule has 2 aromatic rings. The van der Waals surface area contributed by atoms with Gasteiger partial charge in [-0.25, -0.2) is 9.89 Å². The standard InChI is InChI=1S/C20H26N4O4S/c1-13(2)10-18(26)21-15-7-5-14(6-8-15)17(25)12-29-20-23-22-19(27)24(20)11-16-4-3-9-28-16/h5-8,13,16H,3-4,9-12H2,1-2H3,(H,21,26)(H,22,27)/t16-/m1/s1. The Morgan fingerprint density at radius 1 is 1.34 bits per heavy atom. The molecule has 0 saturated carbocycles. The smallest absolute Gasteiger partial charge is 0.344 e. The average Bonchev–Trinajstić information content (AvgIpc) is 3.31. The van der Waals surface area contributed by atoms with Gasteiger partial charge in [0.1, 0.15) is 0 Å². The fourth-order valence-electron chi connectivity index (χ4n) is 3.10. The van der Waals surface area contributed by atoms with E-state index in [1.54, 1.807) is 24.3 Å². The summed E-state index contributed by atoms with van der Waals surface area (Å²) in [7, 11) is 0. The molecule has 1 aliphatic heterocycles. The highest BCUT2D eigenvalue weighted by molar-refractivity contribution is 7.99. The number of carbonyl (C=O) groups is 2. The first-order valence-corrected chi connectivity index (χ1v) is 10.7. The fraction of sp³-hybridized carbons (Fsp3) is 0.500. The number of rotatable bonds is 9. The molecule has 29 heavy (non-hydrogen) atoms. The van der Waals surface area contributed by atoms with Gasteiger partial charge in [-0.1, -0.05) is 25.6 Å². The van der Waals surface area contributed by atoms with Crippen molar-refractivity contribution in [2.75, 3.05) is 17.7 Å². The Hall–Kier alpha value is -2.39. The van der Waals surface area contributed by atoms with Crippen molar-refractivity contribution in [3.63, 3.8) is 0 Å². The van der Waals surface area contributed by atoms with Gasteiger partial charge in [0, 0.05) is 24.3 Å². The maximum Gasteiger partial charge on any atom is 0.344 e. The maximum absolute atomic E-state index is 12.5. The van der Waals surface area contributed by atoms with Gasteiger partial charge in [-0.3, -0.25) is 14.2 Å². The van der Waals surface area contributed by atoms with Gasteiger partial charge in [0.25, 0.3) is 0 Å². The Balaban J connectivity index is 1.56. The second kappa shape index (κ2) is 9.89. The molecule has 156 valence electrons. The molecular formula is C20H26N4O4S. The molecule has 1 amide bonds. The van der Waals surface area contributed by atoms with Gasteiger partial charge < -0.3 is 10.1 Å². The summed E-state index contributed by atoms with van der Waals surface area (Å²) in [6, 6.07) is 6.83. The van der Waals surface area contributed by atoms with E-state index >= 15 is 0 Å². The first kappa shape index (κ1) is 21.3. The van der Waals surface area contributed by atoms with E-state index in [4.69, 9.17) is 4.74 Å². The van der Waals surface area contributed by atoms with Gasteiger partial charge in [0.2, 0.25) is 5.91 Å². The van der Waals surface area contributed by atoms with E-state index in [0.717, 1.165) is 12.8 Å². The molecule has 1 aliphatic rings. The van der Waals surface area contributed by atoms with E-state index < -0.39 is 0 Å². The highest BCUT2D eigenvalue weighted by atomic mass is 32.2. The topological polar surface area (TPSA) is 106 Å². The lowest BCUT2D eigenvalue weighted by Crippen LogP contribution is -2.25. The second-order valence-electron chi connectivity index (χ2n) is 7.49. The summed E-state index contributed by atoms with van der Waals surface area (Å²) in [5.41, 5.74) is 0.914. The van der Waals surface area contributed by atoms with Gasteiger partial charge in [0.05, 0.1) is 18.4 Å². The number of nitrogens with zero attached hydrogens (tertiary/aromatic N) is 2. The minimum atomic E-state index is -0.294. The highest BCUT2D eigenvalue weighted by Gasteiger charge is 2.20. The zero-order chi connectivity index (χ0) is 20.8. The molecule has 0 bridgehead atoms. The van der Waals surface area contributed by atoms with E-state index in [0.29, 0.717) is 36.0 Å². The lowest BCUT2D eigenvalue weighted by Gasteiger charge is -2.11. The zero-order valence-corrected chi connectivity index (χ0v) is 17.5. The van der Waals surface area contributed by atoms with Crippen LogP contribution in [0, 0.1) is 5.92 Å². The zero-order valence-electron chi connectivity index (χ0n) is 16.6. The number of nitrogens with one attached hydrogen (secondary N) is 2. The van der Waals surface area contributed by atoms with Crippen molar-refractivity contribution in [1.82, 2.24) is 14.8 Å². The molecule has 1 aromatic carbocycles. The predicted octanol–water partition coefficient (Wildman–Crippen LogP) is 2.71. The van der Waals surface area contributed by atoms with Crippen LogP contribution in [0.25, 0.3) is 0 Å². The SMILES string of the molecule is CC(C)CC(=O)Nc1ccc(C(=O)CSc2n[nH]c(=O)n2C[C@H]2CCCO2)cc1. The highest BCUT2D eigenvalue weighted by Crippen LogP contribution is 2.20. The van der Waals surface area contributed by atoms with Gasteiger partial charge in [0.15, 0.2) is 10.9 Å². The molecule has 9 heteroatoms. The van der Waals surface area contributed by atoms with Crippen LogP contribution in [-0.4, -0.2) is 44.9 Å². The number of aromatic amines is 1. The number of Topliss-reactive ketones (excluding diaryl/α,β-unsaturated/α-hetero) is 1. The van der Waals surface area contributed by atoms with E-state index in [1.165, 1.54) is 16.3 Å². The molecule has 0 spiro atoms. The molecule has 0 aliphatic carbocycles. The number of ketones is 1.